The normalized spacial score (nSPS) is 20.6. The van der Waals surface area contributed by atoms with E-state index in [4.69, 9.17) is 4.74 Å². The summed E-state index contributed by atoms with van der Waals surface area (Å²) in [6.07, 6.45) is 4.25. The number of pyridine rings is 1. The summed E-state index contributed by atoms with van der Waals surface area (Å²) in [6, 6.07) is 1.73. The van der Waals surface area contributed by atoms with E-state index in [0.29, 0.717) is 19.0 Å². The summed E-state index contributed by atoms with van der Waals surface area (Å²) in [7, 11) is 1.62. The molecule has 0 unspecified atom stereocenters. The highest BCUT2D eigenvalue weighted by atomic mass is 16.5. The second kappa shape index (κ2) is 7.84. The number of carbonyl (C=O) groups is 1. The molecule has 9 heteroatoms. The molecule has 1 amide bonds. The van der Waals surface area contributed by atoms with Crippen LogP contribution in [0.15, 0.2) is 10.9 Å². The maximum atomic E-state index is 12.6. The first-order chi connectivity index (χ1) is 13.6. The van der Waals surface area contributed by atoms with Gasteiger partial charge in [0.2, 0.25) is 0 Å². The zero-order valence-corrected chi connectivity index (χ0v) is 15.9. The molecule has 4 rings (SSSR count). The van der Waals surface area contributed by atoms with Gasteiger partial charge in [-0.05, 0) is 43.7 Å². The van der Waals surface area contributed by atoms with Crippen LogP contribution in [0.3, 0.4) is 0 Å². The van der Waals surface area contributed by atoms with Crippen LogP contribution in [0.2, 0.25) is 0 Å². The summed E-state index contributed by atoms with van der Waals surface area (Å²) >= 11 is 0. The van der Waals surface area contributed by atoms with Crippen molar-refractivity contribution in [3.8, 4) is 0 Å². The smallest absolute Gasteiger partial charge is 0.261 e. The number of ether oxygens (including phenoxy) is 1. The Morgan fingerprint density at radius 3 is 2.96 bits per heavy atom. The fourth-order valence-electron chi connectivity index (χ4n) is 4.09. The number of hydrogen-bond acceptors (Lipinski definition) is 6. The van der Waals surface area contributed by atoms with Crippen molar-refractivity contribution in [1.82, 2.24) is 25.1 Å². The molecule has 1 saturated carbocycles. The Morgan fingerprint density at radius 2 is 2.21 bits per heavy atom. The molecule has 0 bridgehead atoms. The number of aliphatic hydroxyl groups is 1. The van der Waals surface area contributed by atoms with E-state index in [0.717, 1.165) is 49.2 Å². The van der Waals surface area contributed by atoms with Crippen LogP contribution in [0.1, 0.15) is 58.4 Å². The average molecular weight is 387 g/mol. The lowest BCUT2D eigenvalue weighted by molar-refractivity contribution is 0.0904. The SMILES string of the molecule is COCCn1c(CO)nnc1C1CC(NC(=O)c2cc3c([nH]c2=O)CCC3)C1. The number of aromatic nitrogens is 4. The highest BCUT2D eigenvalue weighted by Crippen LogP contribution is 2.36. The van der Waals surface area contributed by atoms with Gasteiger partial charge < -0.3 is 24.7 Å². The van der Waals surface area contributed by atoms with Crippen molar-refractivity contribution < 1.29 is 14.6 Å². The molecule has 2 aliphatic carbocycles. The van der Waals surface area contributed by atoms with Gasteiger partial charge in [0, 0.05) is 31.3 Å². The van der Waals surface area contributed by atoms with Gasteiger partial charge >= 0.3 is 0 Å². The van der Waals surface area contributed by atoms with E-state index < -0.39 is 0 Å². The maximum Gasteiger partial charge on any atom is 0.261 e. The van der Waals surface area contributed by atoms with Crippen LogP contribution in [-0.4, -0.2) is 50.5 Å². The Kier molecular flexibility index (Phi) is 5.27. The number of aromatic amines is 1. The highest BCUT2D eigenvalue weighted by Gasteiger charge is 2.36. The number of amides is 1. The standard InChI is InChI=1S/C19H25N5O4/c1-28-6-5-24-16(10-25)22-23-17(24)12-7-13(8-12)20-18(26)14-9-11-3-2-4-15(11)21-19(14)27/h9,12-13,25H,2-8,10H2,1H3,(H,20,26)(H,21,27). The van der Waals surface area contributed by atoms with Gasteiger partial charge in [-0.3, -0.25) is 9.59 Å². The molecule has 9 nitrogen and oxygen atoms in total. The van der Waals surface area contributed by atoms with Gasteiger partial charge in [-0.15, -0.1) is 10.2 Å². The van der Waals surface area contributed by atoms with Gasteiger partial charge in [-0.25, -0.2) is 0 Å². The lowest BCUT2D eigenvalue weighted by Crippen LogP contribution is -2.45. The predicted octanol–water partition coefficient (Wildman–Crippen LogP) is 0.270. The minimum atomic E-state index is -0.323. The largest absolute Gasteiger partial charge is 0.388 e. The number of H-pyrrole nitrogens is 1. The Morgan fingerprint density at radius 1 is 1.39 bits per heavy atom. The van der Waals surface area contributed by atoms with Crippen molar-refractivity contribution >= 4 is 5.91 Å². The lowest BCUT2D eigenvalue weighted by atomic mass is 9.79. The molecule has 0 spiro atoms. The predicted molar refractivity (Wildman–Crippen MR) is 100 cm³/mol. The van der Waals surface area contributed by atoms with Gasteiger partial charge in [0.1, 0.15) is 18.0 Å². The van der Waals surface area contributed by atoms with Crippen LogP contribution in [-0.2, 0) is 30.7 Å². The number of methoxy groups -OCH3 is 1. The van der Waals surface area contributed by atoms with Crippen LogP contribution in [0, 0.1) is 0 Å². The van der Waals surface area contributed by atoms with Crippen LogP contribution in [0.25, 0.3) is 0 Å². The number of nitrogens with one attached hydrogen (secondary N) is 2. The Balaban J connectivity index is 1.39. The molecule has 0 atom stereocenters. The number of aryl methyl sites for hydroxylation is 2. The number of hydrogen-bond donors (Lipinski definition) is 3. The molecule has 28 heavy (non-hydrogen) atoms. The molecule has 0 aromatic carbocycles. The third-order valence-corrected chi connectivity index (χ3v) is 5.69. The molecule has 3 N–H and O–H groups in total. The van der Waals surface area contributed by atoms with Crippen molar-refractivity contribution in [2.45, 2.75) is 57.2 Å². The summed E-state index contributed by atoms with van der Waals surface area (Å²) in [4.78, 5) is 27.6. The van der Waals surface area contributed by atoms with Crippen molar-refractivity contribution in [3.63, 3.8) is 0 Å². The molecular weight excluding hydrogens is 362 g/mol. The van der Waals surface area contributed by atoms with E-state index in [1.165, 1.54) is 0 Å². The topological polar surface area (TPSA) is 122 Å². The van der Waals surface area contributed by atoms with Crippen LogP contribution in [0.5, 0.6) is 0 Å². The Labute approximate surface area is 162 Å². The third kappa shape index (κ3) is 3.47. The molecule has 1 fully saturated rings. The second-order valence-corrected chi connectivity index (χ2v) is 7.49. The lowest BCUT2D eigenvalue weighted by Gasteiger charge is -2.35. The van der Waals surface area contributed by atoms with Gasteiger partial charge in [-0.2, -0.15) is 0 Å². The van der Waals surface area contributed by atoms with Crippen LogP contribution < -0.4 is 10.9 Å². The van der Waals surface area contributed by atoms with Gasteiger partial charge in [-0.1, -0.05) is 0 Å². The minimum absolute atomic E-state index is 0.00435. The summed E-state index contributed by atoms with van der Waals surface area (Å²) in [5, 5.41) is 20.7. The van der Waals surface area contributed by atoms with Gasteiger partial charge in [0.05, 0.1) is 6.61 Å². The number of rotatable bonds is 7. The maximum absolute atomic E-state index is 12.6. The zero-order valence-electron chi connectivity index (χ0n) is 15.9. The zero-order chi connectivity index (χ0) is 19.7. The minimum Gasteiger partial charge on any atom is -0.388 e. The highest BCUT2D eigenvalue weighted by molar-refractivity contribution is 5.94. The summed E-state index contributed by atoms with van der Waals surface area (Å²) in [5.74, 6) is 1.16. The van der Waals surface area contributed by atoms with E-state index in [1.807, 2.05) is 4.57 Å². The van der Waals surface area contributed by atoms with E-state index >= 15 is 0 Å². The van der Waals surface area contributed by atoms with E-state index in [1.54, 1.807) is 13.2 Å². The van der Waals surface area contributed by atoms with Crippen LogP contribution in [0.4, 0.5) is 0 Å². The Hall–Kier alpha value is -2.52. The number of nitrogens with zero attached hydrogens (tertiary/aromatic N) is 3. The molecule has 2 heterocycles. The summed E-state index contributed by atoms with van der Waals surface area (Å²) in [5.41, 5.74) is 1.90. The molecule has 2 aromatic rings. The van der Waals surface area contributed by atoms with E-state index in [9.17, 15) is 14.7 Å². The third-order valence-electron chi connectivity index (χ3n) is 5.69. The van der Waals surface area contributed by atoms with Gasteiger partial charge in [0.25, 0.3) is 11.5 Å². The fourth-order valence-corrected chi connectivity index (χ4v) is 4.09. The van der Waals surface area contributed by atoms with E-state index in [-0.39, 0.29) is 35.6 Å². The quantitative estimate of drug-likeness (QED) is 0.627. The van der Waals surface area contributed by atoms with Crippen molar-refractivity contribution in [3.05, 3.63) is 44.9 Å². The fraction of sp³-hybridized carbons (Fsp3) is 0.579. The molecule has 2 aromatic heterocycles. The van der Waals surface area contributed by atoms with Crippen molar-refractivity contribution in [1.29, 1.82) is 0 Å². The number of fused-ring (bicyclic) bond motifs is 1. The number of carbonyl (C=O) groups excluding carboxylic acids is 1. The van der Waals surface area contributed by atoms with E-state index in [2.05, 4.69) is 20.5 Å². The molecule has 150 valence electrons. The molecular formula is C19H25N5O4. The number of aliphatic hydroxyl groups excluding tert-OH is 1. The molecule has 2 aliphatic rings. The summed E-state index contributed by atoms with van der Waals surface area (Å²) < 4.78 is 7.01. The molecule has 0 radical (unpaired) electrons. The second-order valence-electron chi connectivity index (χ2n) is 7.49. The average Bonchev–Trinajstić information content (AvgIpc) is 3.27. The summed E-state index contributed by atoms with van der Waals surface area (Å²) in [6.45, 7) is 0.906. The molecule has 0 aliphatic heterocycles. The first-order valence-corrected chi connectivity index (χ1v) is 9.68. The van der Waals surface area contributed by atoms with Crippen molar-refractivity contribution in [2.24, 2.45) is 0 Å². The monoisotopic (exact) mass is 387 g/mol. The van der Waals surface area contributed by atoms with Crippen molar-refractivity contribution in [2.75, 3.05) is 13.7 Å². The Bertz CT molecular complexity index is 929. The van der Waals surface area contributed by atoms with Crippen LogP contribution >= 0.6 is 0 Å². The molecule has 0 saturated heterocycles. The first-order valence-electron chi connectivity index (χ1n) is 9.68. The first kappa shape index (κ1) is 18.8. The van der Waals surface area contributed by atoms with Gasteiger partial charge in [0.15, 0.2) is 5.82 Å².